The molecule has 0 fully saturated rings. The fourth-order valence-electron chi connectivity index (χ4n) is 3.71. The smallest absolute Gasteiger partial charge is 0.262 e. The van der Waals surface area contributed by atoms with Crippen molar-refractivity contribution >= 4 is 65.2 Å². The Morgan fingerprint density at radius 2 is 1.76 bits per heavy atom. The molecule has 2 aromatic heterocycles. The molecule has 2 heterocycles. The first kappa shape index (κ1) is 23.5. The first-order chi connectivity index (χ1) is 15.8. The summed E-state index contributed by atoms with van der Waals surface area (Å²) in [7, 11) is 0.558. The Bertz CT molecular complexity index is 1440. The van der Waals surface area contributed by atoms with Gasteiger partial charge in [-0.05, 0) is 35.2 Å². The van der Waals surface area contributed by atoms with Crippen LogP contribution in [0.4, 0.5) is 0 Å². The lowest BCUT2D eigenvalue weighted by Crippen LogP contribution is -2.36. The van der Waals surface area contributed by atoms with Crippen LogP contribution in [-0.2, 0) is 16.7 Å². The van der Waals surface area contributed by atoms with E-state index in [1.165, 1.54) is 0 Å². The molecule has 2 aromatic carbocycles. The Kier molecular flexibility index (Phi) is 6.89. The van der Waals surface area contributed by atoms with Crippen LogP contribution < -0.4 is 18.8 Å². The van der Waals surface area contributed by atoms with E-state index in [2.05, 4.69) is 4.57 Å². The van der Waals surface area contributed by atoms with Crippen molar-refractivity contribution in [2.45, 2.75) is 13.0 Å². The number of nitrogens with zero attached hydrogens (tertiary/aromatic N) is 1. The number of thiazole rings is 1. The third-order valence-corrected chi connectivity index (χ3v) is 8.02. The summed E-state index contributed by atoms with van der Waals surface area (Å²) >= 11 is 3.19. The van der Waals surface area contributed by atoms with E-state index in [9.17, 15) is 13.0 Å². The molecule has 0 N–H and O–H groups in total. The Morgan fingerprint density at radius 3 is 2.45 bits per heavy atom. The summed E-state index contributed by atoms with van der Waals surface area (Å²) in [6.45, 7) is 0.409. The van der Waals surface area contributed by atoms with Crippen molar-refractivity contribution in [3.63, 3.8) is 0 Å². The van der Waals surface area contributed by atoms with E-state index >= 15 is 0 Å². The lowest BCUT2D eigenvalue weighted by atomic mass is 10.2. The molecule has 4 aromatic rings. The van der Waals surface area contributed by atoms with Crippen LogP contribution in [0.5, 0.6) is 17.2 Å². The molecular formula is C23H23NO6S3. The third kappa shape index (κ3) is 4.98. The van der Waals surface area contributed by atoms with Gasteiger partial charge in [0.15, 0.2) is 18.0 Å². The Morgan fingerprint density at radius 1 is 1.00 bits per heavy atom. The predicted molar refractivity (Wildman–Crippen MR) is 132 cm³/mol. The van der Waals surface area contributed by atoms with E-state index in [0.29, 0.717) is 18.0 Å². The molecule has 4 rings (SSSR count). The summed E-state index contributed by atoms with van der Waals surface area (Å²) in [6, 6.07) is 9.68. The molecule has 0 unspecified atom stereocenters. The van der Waals surface area contributed by atoms with Crippen LogP contribution in [-0.4, -0.2) is 40.1 Å². The topological polar surface area (TPSA) is 88.8 Å². The first-order valence-electron chi connectivity index (χ1n) is 10.1. The van der Waals surface area contributed by atoms with Crippen LogP contribution in [0, 0.1) is 0 Å². The molecule has 0 aliphatic carbocycles. The van der Waals surface area contributed by atoms with Crippen molar-refractivity contribution in [3.8, 4) is 17.2 Å². The van der Waals surface area contributed by atoms with Crippen LogP contribution in [0.3, 0.4) is 0 Å². The van der Waals surface area contributed by atoms with Crippen molar-refractivity contribution in [1.82, 2.24) is 0 Å². The zero-order chi connectivity index (χ0) is 23.6. The number of ether oxygens (including phenoxy) is 3. The van der Waals surface area contributed by atoms with E-state index in [1.807, 2.05) is 47.9 Å². The maximum absolute atomic E-state index is 11.2. The van der Waals surface area contributed by atoms with Gasteiger partial charge in [-0.3, -0.25) is 0 Å². The highest BCUT2D eigenvalue weighted by molar-refractivity contribution is 7.85. The molecular weight excluding hydrogens is 482 g/mol. The number of methoxy groups -OCH3 is 3. The Balaban J connectivity index is 1.81. The van der Waals surface area contributed by atoms with Gasteiger partial charge < -0.3 is 18.8 Å². The Labute approximate surface area is 200 Å². The molecule has 0 radical (unpaired) electrons. The number of rotatable bonds is 9. The van der Waals surface area contributed by atoms with Gasteiger partial charge >= 0.3 is 0 Å². The van der Waals surface area contributed by atoms with E-state index in [4.69, 9.17) is 14.2 Å². The number of fused-ring (bicyclic) bond motifs is 3. The van der Waals surface area contributed by atoms with Crippen LogP contribution in [0.15, 0.2) is 35.7 Å². The second kappa shape index (κ2) is 9.68. The number of aromatic nitrogens is 1. The fraction of sp³-hybridized carbons (Fsp3) is 0.261. The number of benzene rings is 2. The number of hydrogen-bond donors (Lipinski definition) is 0. The zero-order valence-corrected chi connectivity index (χ0v) is 20.8. The predicted octanol–water partition coefficient (Wildman–Crippen LogP) is 4.54. The van der Waals surface area contributed by atoms with Gasteiger partial charge in [-0.1, -0.05) is 17.4 Å². The van der Waals surface area contributed by atoms with Gasteiger partial charge in [-0.15, -0.1) is 11.3 Å². The standard InChI is InChI=1S/C23H23NO6S3/c1-28-17-7-5-15(13-19(17)30-3)6-8-21-24(10-4-12-33(25,26)27)22-20(32-21)14-18(29-2)16-9-11-31-23(16)22/h5-9,11,13-14H,4,10,12H2,1-3H3/b8-6+. The molecule has 0 spiro atoms. The first-order valence-corrected chi connectivity index (χ1v) is 13.4. The summed E-state index contributed by atoms with van der Waals surface area (Å²) in [4.78, 5) is 0. The summed E-state index contributed by atoms with van der Waals surface area (Å²) in [5, 5.41) is 3.95. The van der Waals surface area contributed by atoms with Crippen molar-refractivity contribution in [1.29, 1.82) is 0 Å². The van der Waals surface area contributed by atoms with Gasteiger partial charge in [0.2, 0.25) is 5.52 Å². The average Bonchev–Trinajstić information content (AvgIpc) is 3.40. The molecule has 33 heavy (non-hydrogen) atoms. The average molecular weight is 506 g/mol. The highest BCUT2D eigenvalue weighted by Gasteiger charge is 2.24. The number of hydrogen-bond acceptors (Lipinski definition) is 8. The van der Waals surface area contributed by atoms with Crippen LogP contribution in [0.25, 0.3) is 32.5 Å². The van der Waals surface area contributed by atoms with Gasteiger partial charge in [-0.25, -0.2) is 8.42 Å². The summed E-state index contributed by atoms with van der Waals surface area (Å²) in [5.41, 5.74) is 1.94. The van der Waals surface area contributed by atoms with E-state index < -0.39 is 15.9 Å². The third-order valence-electron chi connectivity index (χ3n) is 5.21. The minimum atomic E-state index is -4.28. The summed E-state index contributed by atoms with van der Waals surface area (Å²) in [6.07, 6.45) is 4.19. The second-order valence-corrected chi connectivity index (χ2v) is 10.7. The fourth-order valence-corrected chi connectivity index (χ4v) is 6.36. The van der Waals surface area contributed by atoms with E-state index in [0.717, 1.165) is 36.6 Å². The van der Waals surface area contributed by atoms with E-state index in [1.54, 1.807) is 44.0 Å². The highest BCUT2D eigenvalue weighted by atomic mass is 32.2. The lowest BCUT2D eigenvalue weighted by Gasteiger charge is -2.07. The largest absolute Gasteiger partial charge is 0.748 e. The van der Waals surface area contributed by atoms with Crippen molar-refractivity contribution in [2.75, 3.05) is 27.1 Å². The second-order valence-electron chi connectivity index (χ2n) is 7.24. The van der Waals surface area contributed by atoms with E-state index in [-0.39, 0.29) is 6.42 Å². The molecule has 0 saturated carbocycles. The normalized spacial score (nSPS) is 12.1. The van der Waals surface area contributed by atoms with Gasteiger partial charge in [0.25, 0.3) is 5.01 Å². The van der Waals surface area contributed by atoms with Gasteiger partial charge in [0.05, 0.1) is 31.4 Å². The highest BCUT2D eigenvalue weighted by Crippen LogP contribution is 2.38. The molecule has 7 nitrogen and oxygen atoms in total. The molecule has 174 valence electrons. The maximum Gasteiger partial charge on any atom is 0.262 e. The molecule has 0 aliphatic heterocycles. The minimum Gasteiger partial charge on any atom is -0.748 e. The molecule has 0 atom stereocenters. The zero-order valence-electron chi connectivity index (χ0n) is 18.4. The van der Waals surface area contributed by atoms with Crippen molar-refractivity contribution < 1.29 is 31.7 Å². The van der Waals surface area contributed by atoms with Gasteiger partial charge in [-0.2, -0.15) is 4.57 Å². The molecule has 0 amide bonds. The lowest BCUT2D eigenvalue weighted by molar-refractivity contribution is -0.667. The summed E-state index contributed by atoms with van der Waals surface area (Å²) < 4.78 is 54.0. The molecule has 10 heteroatoms. The number of thiophene rings is 1. The summed E-state index contributed by atoms with van der Waals surface area (Å²) in [5.74, 6) is 1.68. The quantitative estimate of drug-likeness (QED) is 0.245. The van der Waals surface area contributed by atoms with Crippen LogP contribution in [0.1, 0.15) is 17.0 Å². The van der Waals surface area contributed by atoms with Crippen LogP contribution in [0.2, 0.25) is 0 Å². The maximum atomic E-state index is 11.2. The molecule has 0 bridgehead atoms. The van der Waals surface area contributed by atoms with Crippen LogP contribution >= 0.6 is 22.7 Å². The SMILES string of the molecule is COc1ccc(/C=C/c2sc3cc(OC)c4ccsc4c3[n+]2CCCS(=O)(=O)[O-])cc1OC. The van der Waals surface area contributed by atoms with Crippen molar-refractivity contribution in [2.24, 2.45) is 0 Å². The molecule has 0 saturated heterocycles. The van der Waals surface area contributed by atoms with Gasteiger partial charge in [0.1, 0.15) is 15.1 Å². The van der Waals surface area contributed by atoms with Crippen molar-refractivity contribution in [3.05, 3.63) is 46.3 Å². The minimum absolute atomic E-state index is 0.235. The molecule has 0 aliphatic rings. The Hall–Kier alpha value is -2.66. The van der Waals surface area contributed by atoms with Gasteiger partial charge in [0, 0.05) is 29.7 Å². The number of aryl methyl sites for hydroxylation is 1. The monoisotopic (exact) mass is 505 g/mol.